The number of halogens is 1. The molecule has 2 aliphatic heterocycles. The molecule has 0 aromatic heterocycles. The van der Waals surface area contributed by atoms with Gasteiger partial charge in [-0.1, -0.05) is 33.6 Å². The van der Waals surface area contributed by atoms with Crippen LogP contribution in [-0.2, 0) is 9.53 Å². The third kappa shape index (κ3) is 3.92. The largest absolute Gasteiger partial charge is 0.467 e. The average molecular weight is 504 g/mol. The van der Waals surface area contributed by atoms with E-state index in [2.05, 4.69) is 32.6 Å². The maximum Gasteiger partial charge on any atom is 0.236 e. The molecule has 0 saturated carbocycles. The van der Waals surface area contributed by atoms with E-state index in [1.165, 1.54) is 0 Å². The third-order valence-electron chi connectivity index (χ3n) is 6.04. The van der Waals surface area contributed by atoms with Crippen LogP contribution in [0.4, 0.5) is 5.69 Å². The summed E-state index contributed by atoms with van der Waals surface area (Å²) in [5, 5.41) is 7.07. The fourth-order valence-electron chi connectivity index (χ4n) is 4.49. The lowest BCUT2D eigenvalue weighted by molar-refractivity contribution is -0.150. The number of rotatable bonds is 5. The number of anilines is 1. The highest BCUT2D eigenvalue weighted by Gasteiger charge is 2.58. The molecular weight excluding hydrogens is 478 g/mol. The van der Waals surface area contributed by atoms with Gasteiger partial charge in [-0.3, -0.25) is 4.79 Å². The number of nitrogens with one attached hydrogen (secondary N) is 2. The van der Waals surface area contributed by atoms with Crippen LogP contribution in [0, 0.1) is 19.8 Å². The van der Waals surface area contributed by atoms with Gasteiger partial charge in [0.05, 0.1) is 12.6 Å². The van der Waals surface area contributed by atoms with Crippen LogP contribution < -0.4 is 15.4 Å². The second-order valence-electron chi connectivity index (χ2n) is 8.20. The van der Waals surface area contributed by atoms with E-state index in [-0.39, 0.29) is 11.9 Å². The van der Waals surface area contributed by atoms with E-state index in [9.17, 15) is 4.79 Å². The summed E-state index contributed by atoms with van der Waals surface area (Å²) in [5.41, 5.74) is 2.90. The molecule has 1 saturated heterocycles. The molecule has 2 heterocycles. The number of carbonyl (C=O) groups is 1. The van der Waals surface area contributed by atoms with Gasteiger partial charge in [-0.25, -0.2) is 0 Å². The minimum atomic E-state index is -0.963. The van der Waals surface area contributed by atoms with Gasteiger partial charge < -0.3 is 25.0 Å². The topological polar surface area (TPSA) is 62.8 Å². The number of methoxy groups -OCH3 is 1. The Labute approximate surface area is 196 Å². The number of hydrogen-bond acceptors (Lipinski definition) is 4. The summed E-state index contributed by atoms with van der Waals surface area (Å²) in [5.74, 6) is 0.0738. The Hall–Kier alpha value is -2.16. The standard InChI is InChI=1S/C23H26BrN3O3S/c1-13-5-7-17(14(2)11-13)25-21(28)19-20-16-12-15(24)6-8-18(16)30-23(19,3)27(9-10-29-4)22(31)26-20/h5-8,11-12,19-20H,9-10H2,1-4H3,(H,25,28)(H,26,31)/t19-,20+,23+/m1/s1. The van der Waals surface area contributed by atoms with E-state index >= 15 is 0 Å². The molecule has 2 aliphatic rings. The lowest BCUT2D eigenvalue weighted by Gasteiger charge is -2.56. The van der Waals surface area contributed by atoms with Gasteiger partial charge in [-0.2, -0.15) is 0 Å². The van der Waals surface area contributed by atoms with Crippen molar-refractivity contribution in [2.45, 2.75) is 32.5 Å². The zero-order valence-electron chi connectivity index (χ0n) is 18.0. The molecule has 0 radical (unpaired) electrons. The van der Waals surface area contributed by atoms with Crippen molar-refractivity contribution < 1.29 is 14.3 Å². The van der Waals surface area contributed by atoms with Crippen molar-refractivity contribution in [2.75, 3.05) is 25.6 Å². The number of hydrogen-bond donors (Lipinski definition) is 2. The van der Waals surface area contributed by atoms with E-state index in [0.29, 0.717) is 18.3 Å². The summed E-state index contributed by atoms with van der Waals surface area (Å²) in [6.45, 7) is 6.92. The second-order valence-corrected chi connectivity index (χ2v) is 9.50. The Balaban J connectivity index is 1.76. The minimum absolute atomic E-state index is 0.123. The van der Waals surface area contributed by atoms with Gasteiger partial charge in [0.1, 0.15) is 11.7 Å². The summed E-state index contributed by atoms with van der Waals surface area (Å²) < 4.78 is 12.7. The Kier molecular flexibility index (Phi) is 5.98. The molecule has 0 aliphatic carbocycles. The Morgan fingerprint density at radius 1 is 1.32 bits per heavy atom. The first-order valence-corrected chi connectivity index (χ1v) is 11.4. The highest BCUT2D eigenvalue weighted by atomic mass is 79.9. The normalized spacial score (nSPS) is 24.2. The monoisotopic (exact) mass is 503 g/mol. The first kappa shape index (κ1) is 22.0. The Bertz CT molecular complexity index is 1050. The molecule has 3 atom stereocenters. The van der Waals surface area contributed by atoms with Gasteiger partial charge in [0.25, 0.3) is 0 Å². The average Bonchev–Trinajstić information content (AvgIpc) is 2.70. The minimum Gasteiger partial charge on any atom is -0.467 e. The van der Waals surface area contributed by atoms with Crippen LogP contribution in [0.1, 0.15) is 29.7 Å². The van der Waals surface area contributed by atoms with Crippen molar-refractivity contribution in [3.05, 3.63) is 57.6 Å². The lowest BCUT2D eigenvalue weighted by Crippen LogP contribution is -2.72. The smallest absolute Gasteiger partial charge is 0.236 e. The van der Waals surface area contributed by atoms with Crippen LogP contribution in [-0.4, -0.2) is 41.9 Å². The molecule has 2 N–H and O–H groups in total. The van der Waals surface area contributed by atoms with Gasteiger partial charge >= 0.3 is 0 Å². The quantitative estimate of drug-likeness (QED) is 0.592. The maximum atomic E-state index is 13.7. The Morgan fingerprint density at radius 2 is 2.10 bits per heavy atom. The SMILES string of the molecule is COCCN1C(=S)N[C@H]2c3cc(Br)ccc3O[C@@]1(C)[C@H]2C(=O)Nc1ccc(C)cc1C. The second kappa shape index (κ2) is 8.41. The number of aryl methyl sites for hydroxylation is 2. The highest BCUT2D eigenvalue weighted by Crippen LogP contribution is 2.49. The Morgan fingerprint density at radius 3 is 2.81 bits per heavy atom. The van der Waals surface area contributed by atoms with Crippen LogP contribution in [0.15, 0.2) is 40.9 Å². The van der Waals surface area contributed by atoms with Gasteiger partial charge in [0.2, 0.25) is 5.91 Å². The van der Waals surface area contributed by atoms with Crippen molar-refractivity contribution >= 4 is 44.9 Å². The zero-order valence-corrected chi connectivity index (χ0v) is 20.4. The number of thiocarbonyl (C=S) groups is 1. The number of ether oxygens (including phenoxy) is 2. The van der Waals surface area contributed by atoms with E-state index in [4.69, 9.17) is 21.7 Å². The first-order valence-electron chi connectivity index (χ1n) is 10.2. The molecule has 8 heteroatoms. The summed E-state index contributed by atoms with van der Waals surface area (Å²) in [6.07, 6.45) is 0. The van der Waals surface area contributed by atoms with E-state index in [0.717, 1.165) is 32.6 Å². The van der Waals surface area contributed by atoms with E-state index in [1.54, 1.807) is 7.11 Å². The molecule has 31 heavy (non-hydrogen) atoms. The molecule has 1 amide bonds. The summed E-state index contributed by atoms with van der Waals surface area (Å²) in [4.78, 5) is 15.6. The molecule has 164 valence electrons. The molecule has 2 aromatic rings. The molecule has 2 bridgehead atoms. The number of amides is 1. The van der Waals surface area contributed by atoms with Crippen LogP contribution in [0.2, 0.25) is 0 Å². The van der Waals surface area contributed by atoms with Gasteiger partial charge in [-0.05, 0) is 62.8 Å². The molecule has 2 aromatic carbocycles. The predicted molar refractivity (Wildman–Crippen MR) is 128 cm³/mol. The van der Waals surface area contributed by atoms with Gasteiger partial charge in [0.15, 0.2) is 10.8 Å². The first-order chi connectivity index (χ1) is 14.7. The van der Waals surface area contributed by atoms with Crippen LogP contribution in [0.5, 0.6) is 5.75 Å². The molecular formula is C23H26BrN3O3S. The fraction of sp³-hybridized carbons (Fsp3) is 0.391. The van der Waals surface area contributed by atoms with Gasteiger partial charge in [-0.15, -0.1) is 0 Å². The molecule has 6 nitrogen and oxygen atoms in total. The maximum absolute atomic E-state index is 13.7. The fourth-order valence-corrected chi connectivity index (χ4v) is 5.27. The molecule has 4 rings (SSSR count). The van der Waals surface area contributed by atoms with Gasteiger partial charge in [0, 0.05) is 29.4 Å². The summed E-state index contributed by atoms with van der Waals surface area (Å²) >= 11 is 9.21. The summed E-state index contributed by atoms with van der Waals surface area (Å²) in [6, 6.07) is 11.5. The molecule has 0 unspecified atom stereocenters. The summed E-state index contributed by atoms with van der Waals surface area (Å²) in [7, 11) is 1.64. The number of nitrogens with zero attached hydrogens (tertiary/aromatic N) is 1. The molecule has 1 fully saturated rings. The van der Waals surface area contributed by atoms with Crippen molar-refractivity contribution in [3.8, 4) is 5.75 Å². The number of benzene rings is 2. The van der Waals surface area contributed by atoms with Crippen molar-refractivity contribution in [1.29, 1.82) is 0 Å². The number of carbonyl (C=O) groups excluding carboxylic acids is 1. The van der Waals surface area contributed by atoms with Crippen molar-refractivity contribution in [1.82, 2.24) is 10.2 Å². The van der Waals surface area contributed by atoms with Crippen molar-refractivity contribution in [3.63, 3.8) is 0 Å². The van der Waals surface area contributed by atoms with Crippen LogP contribution in [0.25, 0.3) is 0 Å². The molecule has 0 spiro atoms. The number of fused-ring (bicyclic) bond motifs is 4. The predicted octanol–water partition coefficient (Wildman–Crippen LogP) is 4.31. The van der Waals surface area contributed by atoms with E-state index in [1.807, 2.05) is 56.0 Å². The van der Waals surface area contributed by atoms with E-state index < -0.39 is 11.6 Å². The zero-order chi connectivity index (χ0) is 22.3. The van der Waals surface area contributed by atoms with Crippen LogP contribution in [0.3, 0.4) is 0 Å². The lowest BCUT2D eigenvalue weighted by atomic mass is 9.78. The van der Waals surface area contributed by atoms with Crippen molar-refractivity contribution in [2.24, 2.45) is 5.92 Å². The third-order valence-corrected chi connectivity index (χ3v) is 6.87. The highest BCUT2D eigenvalue weighted by molar-refractivity contribution is 9.10. The van der Waals surface area contributed by atoms with Crippen LogP contribution >= 0.6 is 28.1 Å².